The van der Waals surface area contributed by atoms with Gasteiger partial charge in [0.25, 0.3) is 15.9 Å². The molecule has 1 N–H and O–H groups in total. The fraction of sp³-hybridized carbons (Fsp3) is 0.167. The number of nitrogens with one attached hydrogen (secondary N) is 1. The van der Waals surface area contributed by atoms with Crippen LogP contribution in [0.15, 0.2) is 76.6 Å². The summed E-state index contributed by atoms with van der Waals surface area (Å²) in [6.07, 6.45) is 0. The molecule has 164 valence electrons. The van der Waals surface area contributed by atoms with Gasteiger partial charge in [-0.25, -0.2) is 8.42 Å². The van der Waals surface area contributed by atoms with E-state index in [1.807, 2.05) is 11.5 Å². The van der Waals surface area contributed by atoms with E-state index in [4.69, 9.17) is 0 Å². The monoisotopic (exact) mass is 465 g/mol. The van der Waals surface area contributed by atoms with Crippen molar-refractivity contribution < 1.29 is 13.2 Å². The fourth-order valence-electron chi connectivity index (χ4n) is 3.42. The molecule has 0 bridgehead atoms. The molecular weight excluding hydrogens is 442 g/mol. The highest BCUT2D eigenvalue weighted by Gasteiger charge is 2.18. The van der Waals surface area contributed by atoms with Gasteiger partial charge in [-0.3, -0.25) is 9.52 Å². The van der Waals surface area contributed by atoms with Crippen molar-refractivity contribution in [2.45, 2.75) is 32.2 Å². The Morgan fingerprint density at radius 2 is 1.66 bits per heavy atom. The SMILES string of the molecule is CCn1c(=NC(=O)c2ccccc2NS(=O)(=O)c2ccccc2)sc2cc(C)c(C)cc21. The molecule has 3 aromatic carbocycles. The zero-order valence-corrected chi connectivity index (χ0v) is 19.6. The summed E-state index contributed by atoms with van der Waals surface area (Å²) in [5.74, 6) is -0.501. The molecule has 1 aromatic heterocycles. The molecule has 4 rings (SSSR count). The van der Waals surface area contributed by atoms with Crippen LogP contribution in [-0.4, -0.2) is 18.9 Å². The van der Waals surface area contributed by atoms with E-state index in [1.54, 1.807) is 42.5 Å². The first-order chi connectivity index (χ1) is 15.3. The van der Waals surface area contributed by atoms with Gasteiger partial charge in [0.1, 0.15) is 0 Å². The summed E-state index contributed by atoms with van der Waals surface area (Å²) < 4.78 is 31.1. The van der Waals surface area contributed by atoms with E-state index in [1.165, 1.54) is 34.6 Å². The fourth-order valence-corrected chi connectivity index (χ4v) is 5.69. The highest BCUT2D eigenvalue weighted by molar-refractivity contribution is 7.92. The zero-order chi connectivity index (χ0) is 22.9. The highest BCUT2D eigenvalue weighted by atomic mass is 32.2. The maximum Gasteiger partial charge on any atom is 0.281 e. The van der Waals surface area contributed by atoms with Gasteiger partial charge in [-0.1, -0.05) is 41.7 Å². The van der Waals surface area contributed by atoms with E-state index in [-0.39, 0.29) is 16.1 Å². The number of para-hydroxylation sites is 1. The van der Waals surface area contributed by atoms with E-state index in [2.05, 4.69) is 35.7 Å². The molecule has 0 aliphatic carbocycles. The standard InChI is InChI=1S/C24H23N3O3S2/c1-4-27-21-14-16(2)17(3)15-22(21)31-24(27)25-23(28)19-12-8-9-13-20(19)26-32(29,30)18-10-6-5-7-11-18/h5-15,26H,4H2,1-3H3. The molecule has 0 aliphatic rings. The summed E-state index contributed by atoms with van der Waals surface area (Å²) in [4.78, 5) is 18.2. The maximum atomic E-state index is 13.1. The Hall–Kier alpha value is -3.23. The van der Waals surface area contributed by atoms with E-state index in [0.29, 0.717) is 11.3 Å². The van der Waals surface area contributed by atoms with E-state index in [9.17, 15) is 13.2 Å². The van der Waals surface area contributed by atoms with Gasteiger partial charge < -0.3 is 4.57 Å². The van der Waals surface area contributed by atoms with Crippen LogP contribution >= 0.6 is 11.3 Å². The van der Waals surface area contributed by atoms with Crippen LogP contribution in [0.25, 0.3) is 10.2 Å². The Kier molecular flexibility index (Phi) is 5.99. The Bertz CT molecular complexity index is 1480. The van der Waals surface area contributed by atoms with Gasteiger partial charge in [0.05, 0.1) is 26.4 Å². The minimum absolute atomic E-state index is 0.123. The number of nitrogens with zero attached hydrogens (tertiary/aromatic N) is 2. The molecule has 6 nitrogen and oxygen atoms in total. The number of carbonyl (C=O) groups excluding carboxylic acids is 1. The molecule has 0 fully saturated rings. The molecule has 1 heterocycles. The molecule has 8 heteroatoms. The Morgan fingerprint density at radius 1 is 1.00 bits per heavy atom. The predicted octanol–water partition coefficient (Wildman–Crippen LogP) is 4.88. The van der Waals surface area contributed by atoms with Crippen LogP contribution in [0.3, 0.4) is 0 Å². The van der Waals surface area contributed by atoms with Crippen molar-refractivity contribution >= 4 is 43.2 Å². The number of aromatic nitrogens is 1. The van der Waals surface area contributed by atoms with Crippen LogP contribution in [0.5, 0.6) is 0 Å². The van der Waals surface area contributed by atoms with Gasteiger partial charge >= 0.3 is 0 Å². The van der Waals surface area contributed by atoms with E-state index >= 15 is 0 Å². The van der Waals surface area contributed by atoms with Crippen LogP contribution in [0.2, 0.25) is 0 Å². The van der Waals surface area contributed by atoms with Crippen molar-refractivity contribution in [1.82, 2.24) is 4.57 Å². The van der Waals surface area contributed by atoms with Crippen molar-refractivity contribution in [3.8, 4) is 0 Å². The maximum absolute atomic E-state index is 13.1. The average Bonchev–Trinajstić information content (AvgIpc) is 3.10. The van der Waals surface area contributed by atoms with Gasteiger partial charge in [0, 0.05) is 6.54 Å². The number of carbonyl (C=O) groups is 1. The van der Waals surface area contributed by atoms with Crippen molar-refractivity contribution in [1.29, 1.82) is 0 Å². The van der Waals surface area contributed by atoms with E-state index < -0.39 is 15.9 Å². The molecule has 0 saturated carbocycles. The molecule has 1 amide bonds. The number of benzene rings is 3. The Labute approximate surface area is 190 Å². The summed E-state index contributed by atoms with van der Waals surface area (Å²) >= 11 is 1.45. The lowest BCUT2D eigenvalue weighted by atomic mass is 10.1. The first-order valence-corrected chi connectivity index (χ1v) is 12.5. The Morgan fingerprint density at radius 3 is 2.38 bits per heavy atom. The predicted molar refractivity (Wildman–Crippen MR) is 129 cm³/mol. The Balaban J connectivity index is 1.77. The first kappa shape index (κ1) is 22.0. The molecule has 0 unspecified atom stereocenters. The topological polar surface area (TPSA) is 80.5 Å². The quantitative estimate of drug-likeness (QED) is 0.456. The van der Waals surface area contributed by atoms with Gasteiger partial charge in [-0.05, 0) is 68.3 Å². The second kappa shape index (κ2) is 8.72. The lowest BCUT2D eigenvalue weighted by molar-refractivity contribution is 0.0998. The largest absolute Gasteiger partial charge is 0.317 e. The van der Waals surface area contributed by atoms with Crippen molar-refractivity contribution in [3.63, 3.8) is 0 Å². The normalized spacial score (nSPS) is 12.3. The second-order valence-electron chi connectivity index (χ2n) is 7.41. The van der Waals surface area contributed by atoms with Crippen LogP contribution in [0, 0.1) is 13.8 Å². The van der Waals surface area contributed by atoms with Gasteiger partial charge in [-0.2, -0.15) is 4.99 Å². The van der Waals surface area contributed by atoms with Crippen LogP contribution in [0.1, 0.15) is 28.4 Å². The lowest BCUT2D eigenvalue weighted by Crippen LogP contribution is -2.18. The zero-order valence-electron chi connectivity index (χ0n) is 18.0. The number of fused-ring (bicyclic) bond motifs is 1. The number of thiazole rings is 1. The molecular formula is C24H23N3O3S2. The third-order valence-corrected chi connectivity index (χ3v) is 7.69. The van der Waals surface area contributed by atoms with Gasteiger partial charge in [-0.15, -0.1) is 0 Å². The summed E-state index contributed by atoms with van der Waals surface area (Å²) in [5, 5.41) is 0. The number of anilines is 1. The molecule has 0 spiro atoms. The molecule has 4 aromatic rings. The van der Waals surface area contributed by atoms with Crippen LogP contribution < -0.4 is 9.52 Å². The number of aryl methyl sites for hydroxylation is 3. The molecule has 0 radical (unpaired) electrons. The number of rotatable bonds is 5. The van der Waals surface area contributed by atoms with Gasteiger partial charge in [0.2, 0.25) is 0 Å². The second-order valence-corrected chi connectivity index (χ2v) is 10.1. The van der Waals surface area contributed by atoms with E-state index in [0.717, 1.165) is 10.2 Å². The van der Waals surface area contributed by atoms with Crippen molar-refractivity contribution in [2.24, 2.45) is 4.99 Å². The summed E-state index contributed by atoms with van der Waals surface area (Å²) in [7, 11) is -3.83. The van der Waals surface area contributed by atoms with Crippen LogP contribution in [-0.2, 0) is 16.6 Å². The molecule has 32 heavy (non-hydrogen) atoms. The highest BCUT2D eigenvalue weighted by Crippen LogP contribution is 2.23. The average molecular weight is 466 g/mol. The first-order valence-electron chi connectivity index (χ1n) is 10.2. The summed E-state index contributed by atoms with van der Waals surface area (Å²) in [6.45, 7) is 6.79. The molecule has 0 atom stereocenters. The van der Waals surface area contributed by atoms with Crippen LogP contribution in [0.4, 0.5) is 5.69 Å². The minimum Gasteiger partial charge on any atom is -0.317 e. The number of hydrogen-bond acceptors (Lipinski definition) is 4. The summed E-state index contributed by atoms with van der Waals surface area (Å²) in [5.41, 5.74) is 3.78. The number of sulfonamides is 1. The van der Waals surface area contributed by atoms with Crippen molar-refractivity contribution in [3.05, 3.63) is 88.2 Å². The smallest absolute Gasteiger partial charge is 0.281 e. The van der Waals surface area contributed by atoms with Gasteiger partial charge in [0.15, 0.2) is 4.80 Å². The third kappa shape index (κ3) is 4.24. The number of amides is 1. The number of hydrogen-bond donors (Lipinski definition) is 1. The summed E-state index contributed by atoms with van der Waals surface area (Å²) in [6, 6.07) is 18.8. The molecule has 0 saturated heterocycles. The molecule has 0 aliphatic heterocycles. The lowest BCUT2D eigenvalue weighted by Gasteiger charge is -2.10. The van der Waals surface area contributed by atoms with Crippen molar-refractivity contribution in [2.75, 3.05) is 4.72 Å². The third-order valence-electron chi connectivity index (χ3n) is 5.27. The minimum atomic E-state index is -3.83.